The highest BCUT2D eigenvalue weighted by Gasteiger charge is 2.29. The number of carbonyl (C=O) groups excluding carboxylic acids is 1. The Kier molecular flexibility index (Phi) is 5.18. The maximum absolute atomic E-state index is 12.3. The van der Waals surface area contributed by atoms with Gasteiger partial charge in [-0.05, 0) is 30.3 Å². The minimum Gasteiger partial charge on any atom is -0.405 e. The first-order chi connectivity index (χ1) is 9.90. The van der Waals surface area contributed by atoms with E-state index in [9.17, 15) is 14.9 Å². The lowest BCUT2D eigenvalue weighted by molar-refractivity contribution is -0.402. The molecule has 1 aromatic carbocycles. The van der Waals surface area contributed by atoms with E-state index in [2.05, 4.69) is 31.9 Å². The van der Waals surface area contributed by atoms with E-state index in [0.29, 0.717) is 16.3 Å². The molecular formula is C13H8Br2ClNO4. The van der Waals surface area contributed by atoms with E-state index >= 15 is 0 Å². The highest BCUT2D eigenvalue weighted by Crippen LogP contribution is 2.35. The zero-order valence-electron chi connectivity index (χ0n) is 10.3. The molecule has 0 saturated heterocycles. The number of benzene rings is 1. The van der Waals surface area contributed by atoms with Gasteiger partial charge in [-0.3, -0.25) is 14.9 Å². The molecule has 0 fully saturated rings. The van der Waals surface area contributed by atoms with Gasteiger partial charge in [0.25, 0.3) is 0 Å². The Hall–Kier alpha value is -1.18. The number of ketones is 1. The van der Waals surface area contributed by atoms with Crippen LogP contribution in [-0.4, -0.2) is 15.5 Å². The topological polar surface area (TPSA) is 73.3 Å². The number of halogens is 3. The van der Waals surface area contributed by atoms with Gasteiger partial charge in [-0.2, -0.15) is 0 Å². The summed E-state index contributed by atoms with van der Waals surface area (Å²) in [5, 5.41) is 11.1. The van der Waals surface area contributed by atoms with E-state index in [1.165, 1.54) is 12.1 Å². The summed E-state index contributed by atoms with van der Waals surface area (Å²) in [6, 6.07) is 9.18. The zero-order valence-corrected chi connectivity index (χ0v) is 14.3. The summed E-state index contributed by atoms with van der Waals surface area (Å²) in [5.74, 6) is -0.258. The summed E-state index contributed by atoms with van der Waals surface area (Å²) in [5.41, 5.74) is 0.479. The molecule has 21 heavy (non-hydrogen) atoms. The molecule has 2 unspecified atom stereocenters. The van der Waals surface area contributed by atoms with Gasteiger partial charge in [0.05, 0.1) is 15.7 Å². The lowest BCUT2D eigenvalue weighted by Crippen LogP contribution is -2.18. The minimum absolute atomic E-state index is 0.187. The highest BCUT2D eigenvalue weighted by atomic mass is 79.9. The van der Waals surface area contributed by atoms with Gasteiger partial charge in [-0.15, -0.1) is 0 Å². The van der Waals surface area contributed by atoms with E-state index in [4.69, 9.17) is 16.0 Å². The fraction of sp³-hybridized carbons (Fsp3) is 0.154. The third kappa shape index (κ3) is 3.72. The Bertz CT molecular complexity index is 671. The first kappa shape index (κ1) is 16.2. The van der Waals surface area contributed by atoms with Crippen LogP contribution in [0.2, 0.25) is 5.02 Å². The fourth-order valence-electron chi connectivity index (χ4n) is 1.64. The molecular weight excluding hydrogens is 429 g/mol. The summed E-state index contributed by atoms with van der Waals surface area (Å²) < 4.78 is 5.08. The van der Waals surface area contributed by atoms with E-state index in [0.717, 1.165) is 0 Å². The summed E-state index contributed by atoms with van der Waals surface area (Å²) in [4.78, 5) is 21.1. The number of rotatable bonds is 5. The lowest BCUT2D eigenvalue weighted by atomic mass is 10.1. The van der Waals surface area contributed by atoms with E-state index in [1.807, 2.05) is 0 Å². The van der Waals surface area contributed by atoms with Gasteiger partial charge < -0.3 is 4.42 Å². The maximum atomic E-state index is 12.3. The molecule has 1 heterocycles. The minimum atomic E-state index is -0.635. The molecule has 0 N–H and O–H groups in total. The molecule has 0 bridgehead atoms. The van der Waals surface area contributed by atoms with Crippen LogP contribution in [0.5, 0.6) is 0 Å². The molecule has 0 saturated carbocycles. The number of hydrogen-bond donors (Lipinski definition) is 0. The number of alkyl halides is 2. The zero-order chi connectivity index (χ0) is 15.6. The Balaban J connectivity index is 2.17. The SMILES string of the molecule is O=C(c1ccc(Cl)cc1)C(Br)C(Br)c1ccc([N+](=O)[O-])o1. The molecule has 0 spiro atoms. The highest BCUT2D eigenvalue weighted by molar-refractivity contribution is 9.12. The van der Waals surface area contributed by atoms with Crippen molar-refractivity contribution in [1.29, 1.82) is 0 Å². The van der Waals surface area contributed by atoms with Crippen LogP contribution in [0.3, 0.4) is 0 Å². The third-order valence-electron chi connectivity index (χ3n) is 2.70. The number of hydrogen-bond acceptors (Lipinski definition) is 4. The molecule has 0 aliphatic heterocycles. The van der Waals surface area contributed by atoms with Crippen LogP contribution in [0.4, 0.5) is 5.88 Å². The fourth-order valence-corrected chi connectivity index (χ4v) is 2.78. The quantitative estimate of drug-likeness (QED) is 0.288. The molecule has 2 rings (SSSR count). The molecule has 0 aliphatic carbocycles. The van der Waals surface area contributed by atoms with Crippen LogP contribution in [-0.2, 0) is 0 Å². The number of Topliss-reactive ketones (excluding diaryl/α,β-unsaturated/α-hetero) is 1. The van der Waals surface area contributed by atoms with Crippen molar-refractivity contribution in [3.8, 4) is 0 Å². The van der Waals surface area contributed by atoms with Crippen molar-refractivity contribution in [2.45, 2.75) is 9.65 Å². The standard InChI is InChI=1S/C13H8Br2ClNO4/c14-11(9-5-6-10(21-9)17(19)20)12(15)13(18)7-1-3-8(16)4-2-7/h1-6,11-12H. The molecule has 2 aromatic rings. The van der Waals surface area contributed by atoms with Crippen molar-refractivity contribution in [3.63, 3.8) is 0 Å². The second-order valence-electron chi connectivity index (χ2n) is 4.11. The van der Waals surface area contributed by atoms with Gasteiger partial charge in [0, 0.05) is 10.6 Å². The molecule has 0 radical (unpaired) electrons. The lowest BCUT2D eigenvalue weighted by Gasteiger charge is -2.13. The van der Waals surface area contributed by atoms with Crippen molar-refractivity contribution in [2.75, 3.05) is 0 Å². The molecule has 1 aromatic heterocycles. The molecule has 0 amide bonds. The number of nitrogens with zero attached hydrogens (tertiary/aromatic N) is 1. The molecule has 110 valence electrons. The molecule has 2 atom stereocenters. The van der Waals surface area contributed by atoms with Crippen molar-refractivity contribution in [3.05, 3.63) is 62.9 Å². The molecule has 8 heteroatoms. The van der Waals surface area contributed by atoms with Gasteiger partial charge in [0.2, 0.25) is 0 Å². The van der Waals surface area contributed by atoms with Gasteiger partial charge in [0.15, 0.2) is 5.78 Å². The number of furan rings is 1. The van der Waals surface area contributed by atoms with Gasteiger partial charge in [0.1, 0.15) is 10.7 Å². The summed E-state index contributed by atoms with van der Waals surface area (Å²) in [6.07, 6.45) is 0. The van der Waals surface area contributed by atoms with Crippen molar-refractivity contribution < 1.29 is 14.1 Å². The third-order valence-corrected chi connectivity index (χ3v) is 5.59. The van der Waals surface area contributed by atoms with E-state index < -0.39 is 14.6 Å². The van der Waals surface area contributed by atoms with Crippen LogP contribution >= 0.6 is 43.5 Å². The Labute approximate surface area is 141 Å². The normalized spacial score (nSPS) is 13.7. The second-order valence-corrected chi connectivity index (χ2v) is 6.52. The van der Waals surface area contributed by atoms with Crippen LogP contribution in [0.25, 0.3) is 0 Å². The first-order valence-corrected chi connectivity index (χ1v) is 7.93. The predicted octanol–water partition coefficient (Wildman–Crippen LogP) is 4.92. The van der Waals surface area contributed by atoms with Gasteiger partial charge >= 0.3 is 5.88 Å². The van der Waals surface area contributed by atoms with Gasteiger partial charge in [-0.25, -0.2) is 0 Å². The smallest absolute Gasteiger partial charge is 0.405 e. The van der Waals surface area contributed by atoms with Crippen LogP contribution in [0.1, 0.15) is 20.9 Å². The van der Waals surface area contributed by atoms with Crippen LogP contribution < -0.4 is 0 Å². The Morgan fingerprint density at radius 3 is 2.33 bits per heavy atom. The predicted molar refractivity (Wildman–Crippen MR) is 85.5 cm³/mol. The maximum Gasteiger partial charge on any atom is 0.433 e. The number of nitro groups is 1. The average Bonchev–Trinajstić information content (AvgIpc) is 2.96. The largest absolute Gasteiger partial charge is 0.433 e. The first-order valence-electron chi connectivity index (χ1n) is 5.72. The van der Waals surface area contributed by atoms with Crippen molar-refractivity contribution in [1.82, 2.24) is 0 Å². The number of carbonyl (C=O) groups is 1. The van der Waals surface area contributed by atoms with Crippen molar-refractivity contribution >= 4 is 55.1 Å². The average molecular weight is 437 g/mol. The summed E-state index contributed by atoms with van der Waals surface area (Å²) in [7, 11) is 0. The Morgan fingerprint density at radius 2 is 1.81 bits per heavy atom. The van der Waals surface area contributed by atoms with E-state index in [1.54, 1.807) is 24.3 Å². The summed E-state index contributed by atoms with van der Waals surface area (Å²) in [6.45, 7) is 0. The Morgan fingerprint density at radius 1 is 1.19 bits per heavy atom. The van der Waals surface area contributed by atoms with E-state index in [-0.39, 0.29) is 11.7 Å². The second kappa shape index (κ2) is 6.72. The monoisotopic (exact) mass is 435 g/mol. The van der Waals surface area contributed by atoms with Crippen molar-refractivity contribution in [2.24, 2.45) is 0 Å². The molecule has 0 aliphatic rings. The van der Waals surface area contributed by atoms with Crippen LogP contribution in [0, 0.1) is 10.1 Å². The summed E-state index contributed by atoms with van der Waals surface area (Å²) >= 11 is 12.4. The molecule has 5 nitrogen and oxygen atoms in total. The van der Waals surface area contributed by atoms with Crippen LogP contribution in [0.15, 0.2) is 40.8 Å². The van der Waals surface area contributed by atoms with Gasteiger partial charge in [-0.1, -0.05) is 43.5 Å².